The van der Waals surface area contributed by atoms with E-state index in [0.717, 1.165) is 0 Å². The zero-order valence-corrected chi connectivity index (χ0v) is 13.0. The summed E-state index contributed by atoms with van der Waals surface area (Å²) in [5.74, 6) is 0.452. The van der Waals surface area contributed by atoms with Crippen LogP contribution in [0.1, 0.15) is 32.1 Å². The van der Waals surface area contributed by atoms with Gasteiger partial charge in [-0.2, -0.15) is 0 Å². The first-order valence-corrected chi connectivity index (χ1v) is 8.32. The van der Waals surface area contributed by atoms with E-state index in [9.17, 15) is 9.18 Å². The van der Waals surface area contributed by atoms with Crippen LogP contribution < -0.4 is 4.74 Å². The standard InChI is InChI=1S/C17H21FN2O3/c18-14-2-1-6-19-16(14)23-13-5-7-22-17(9-13)10-20(11-17)15(21)8-12-3-4-12/h1-2,6,12-13H,3-5,7-11H2. The number of carbonyl (C=O) groups excluding carboxylic acids is 1. The Morgan fingerprint density at radius 1 is 1.43 bits per heavy atom. The average molecular weight is 320 g/mol. The van der Waals surface area contributed by atoms with E-state index < -0.39 is 5.82 Å². The Morgan fingerprint density at radius 3 is 3.00 bits per heavy atom. The SMILES string of the molecule is O=C(CC1CC1)N1CC2(CC(Oc3ncccc3F)CCO2)C1. The third-order valence-electron chi connectivity index (χ3n) is 4.92. The summed E-state index contributed by atoms with van der Waals surface area (Å²) in [5.41, 5.74) is -0.312. The summed E-state index contributed by atoms with van der Waals surface area (Å²) in [7, 11) is 0. The van der Waals surface area contributed by atoms with Crippen molar-refractivity contribution < 1.29 is 18.7 Å². The molecule has 1 atom stereocenters. The summed E-state index contributed by atoms with van der Waals surface area (Å²) in [6, 6.07) is 2.89. The molecule has 1 unspecified atom stereocenters. The first-order valence-electron chi connectivity index (χ1n) is 8.32. The lowest BCUT2D eigenvalue weighted by Gasteiger charge is -2.52. The number of carbonyl (C=O) groups is 1. The van der Waals surface area contributed by atoms with Gasteiger partial charge in [0.2, 0.25) is 5.91 Å². The minimum atomic E-state index is -0.442. The first kappa shape index (κ1) is 14.9. The van der Waals surface area contributed by atoms with E-state index in [1.54, 1.807) is 6.07 Å². The topological polar surface area (TPSA) is 51.7 Å². The molecule has 3 heterocycles. The molecule has 6 heteroatoms. The fourth-order valence-corrected chi connectivity index (χ4v) is 3.44. The number of amides is 1. The van der Waals surface area contributed by atoms with Crippen LogP contribution in [0, 0.1) is 11.7 Å². The van der Waals surface area contributed by atoms with Gasteiger partial charge in [-0.15, -0.1) is 0 Å². The summed E-state index contributed by atoms with van der Waals surface area (Å²) in [6.07, 6.45) is 5.85. The second-order valence-electron chi connectivity index (χ2n) is 6.95. The number of pyridine rings is 1. The summed E-state index contributed by atoms with van der Waals surface area (Å²) in [6.45, 7) is 1.83. The number of rotatable bonds is 4. The molecule has 3 fully saturated rings. The van der Waals surface area contributed by atoms with Crippen molar-refractivity contribution in [2.45, 2.75) is 43.8 Å². The maximum atomic E-state index is 13.7. The number of nitrogens with zero attached hydrogens (tertiary/aromatic N) is 2. The molecule has 2 saturated heterocycles. The highest BCUT2D eigenvalue weighted by Crippen LogP contribution is 2.38. The van der Waals surface area contributed by atoms with Crippen LogP contribution in [-0.2, 0) is 9.53 Å². The molecule has 124 valence electrons. The number of hydrogen-bond donors (Lipinski definition) is 0. The molecule has 1 aromatic heterocycles. The maximum absolute atomic E-state index is 13.7. The number of aromatic nitrogens is 1. The predicted molar refractivity (Wildman–Crippen MR) is 80.4 cm³/mol. The van der Waals surface area contributed by atoms with E-state index in [1.807, 2.05) is 4.90 Å². The van der Waals surface area contributed by atoms with Gasteiger partial charge < -0.3 is 14.4 Å². The molecule has 1 aliphatic carbocycles. The Bertz CT molecular complexity index is 599. The van der Waals surface area contributed by atoms with E-state index in [4.69, 9.17) is 9.47 Å². The second-order valence-corrected chi connectivity index (χ2v) is 6.95. The molecule has 23 heavy (non-hydrogen) atoms. The van der Waals surface area contributed by atoms with E-state index in [-0.39, 0.29) is 23.5 Å². The van der Waals surface area contributed by atoms with E-state index in [0.29, 0.717) is 44.9 Å². The molecule has 4 rings (SSSR count). The van der Waals surface area contributed by atoms with Crippen LogP contribution in [0.3, 0.4) is 0 Å². The van der Waals surface area contributed by atoms with Crippen LogP contribution in [0.2, 0.25) is 0 Å². The van der Waals surface area contributed by atoms with Crippen LogP contribution in [0.25, 0.3) is 0 Å². The Morgan fingerprint density at radius 2 is 2.26 bits per heavy atom. The van der Waals surface area contributed by atoms with E-state index in [2.05, 4.69) is 4.98 Å². The van der Waals surface area contributed by atoms with Gasteiger partial charge in [0, 0.05) is 25.5 Å². The largest absolute Gasteiger partial charge is 0.472 e. The lowest BCUT2D eigenvalue weighted by Crippen LogP contribution is -2.67. The summed E-state index contributed by atoms with van der Waals surface area (Å²) >= 11 is 0. The van der Waals surface area contributed by atoms with Crippen molar-refractivity contribution in [1.29, 1.82) is 0 Å². The molecule has 0 aromatic carbocycles. The fourth-order valence-electron chi connectivity index (χ4n) is 3.44. The summed E-state index contributed by atoms with van der Waals surface area (Å²) in [5, 5.41) is 0. The smallest absolute Gasteiger partial charge is 0.250 e. The highest BCUT2D eigenvalue weighted by Gasteiger charge is 2.50. The molecule has 1 amide bonds. The number of ether oxygens (including phenoxy) is 2. The molecule has 0 radical (unpaired) electrons. The van der Waals surface area contributed by atoms with Crippen molar-refractivity contribution in [3.8, 4) is 5.88 Å². The lowest BCUT2D eigenvalue weighted by atomic mass is 9.84. The van der Waals surface area contributed by atoms with Crippen molar-refractivity contribution in [3.05, 3.63) is 24.1 Å². The molecule has 1 saturated carbocycles. The highest BCUT2D eigenvalue weighted by molar-refractivity contribution is 5.78. The van der Waals surface area contributed by atoms with Gasteiger partial charge in [0.05, 0.1) is 19.7 Å². The van der Waals surface area contributed by atoms with Crippen molar-refractivity contribution in [2.75, 3.05) is 19.7 Å². The van der Waals surface area contributed by atoms with Crippen LogP contribution in [0.15, 0.2) is 18.3 Å². The van der Waals surface area contributed by atoms with Gasteiger partial charge >= 0.3 is 0 Å². The first-order chi connectivity index (χ1) is 11.1. The van der Waals surface area contributed by atoms with Gasteiger partial charge in [-0.05, 0) is 30.9 Å². The summed E-state index contributed by atoms with van der Waals surface area (Å²) in [4.78, 5) is 17.9. The van der Waals surface area contributed by atoms with Crippen molar-refractivity contribution in [1.82, 2.24) is 9.88 Å². The van der Waals surface area contributed by atoms with E-state index in [1.165, 1.54) is 25.1 Å². The number of likely N-dealkylation sites (tertiary alicyclic amines) is 1. The molecule has 3 aliphatic rings. The predicted octanol–water partition coefficient (Wildman–Crippen LogP) is 2.16. The molecule has 0 N–H and O–H groups in total. The average Bonchev–Trinajstić information content (AvgIpc) is 3.31. The molecule has 2 aliphatic heterocycles. The zero-order valence-electron chi connectivity index (χ0n) is 13.0. The van der Waals surface area contributed by atoms with Gasteiger partial charge in [-0.25, -0.2) is 9.37 Å². The quantitative estimate of drug-likeness (QED) is 0.853. The van der Waals surface area contributed by atoms with Gasteiger partial charge in [-0.1, -0.05) is 0 Å². The Kier molecular flexibility index (Phi) is 3.71. The molecular weight excluding hydrogens is 299 g/mol. The van der Waals surface area contributed by atoms with E-state index >= 15 is 0 Å². The normalized spacial score (nSPS) is 26.0. The molecule has 1 spiro atoms. The van der Waals surface area contributed by atoms with Gasteiger partial charge in [0.15, 0.2) is 5.82 Å². The minimum Gasteiger partial charge on any atom is -0.472 e. The van der Waals surface area contributed by atoms with Crippen molar-refractivity contribution >= 4 is 5.91 Å². The van der Waals surface area contributed by atoms with Crippen LogP contribution >= 0.6 is 0 Å². The van der Waals surface area contributed by atoms with Crippen molar-refractivity contribution in [3.63, 3.8) is 0 Å². The van der Waals surface area contributed by atoms with Crippen LogP contribution in [0.5, 0.6) is 5.88 Å². The monoisotopic (exact) mass is 320 g/mol. The molecule has 1 aromatic rings. The fraction of sp³-hybridized carbons (Fsp3) is 0.647. The van der Waals surface area contributed by atoms with Gasteiger partial charge in [0.25, 0.3) is 5.88 Å². The lowest BCUT2D eigenvalue weighted by molar-refractivity contribution is -0.193. The third-order valence-corrected chi connectivity index (χ3v) is 4.92. The summed E-state index contributed by atoms with van der Waals surface area (Å²) < 4.78 is 25.3. The zero-order chi connectivity index (χ0) is 15.9. The molecule has 5 nitrogen and oxygen atoms in total. The Labute approximate surface area is 134 Å². The van der Waals surface area contributed by atoms with Gasteiger partial charge in [-0.3, -0.25) is 4.79 Å². The van der Waals surface area contributed by atoms with Crippen LogP contribution in [-0.4, -0.2) is 47.2 Å². The minimum absolute atomic E-state index is 0.0514. The molecule has 0 bridgehead atoms. The Hall–Kier alpha value is -1.69. The number of halogens is 1. The highest BCUT2D eigenvalue weighted by atomic mass is 19.1. The molecular formula is C17H21FN2O3. The second kappa shape index (κ2) is 5.74. The van der Waals surface area contributed by atoms with Crippen molar-refractivity contribution in [2.24, 2.45) is 5.92 Å². The van der Waals surface area contributed by atoms with Crippen LogP contribution in [0.4, 0.5) is 4.39 Å². The van der Waals surface area contributed by atoms with Gasteiger partial charge in [0.1, 0.15) is 11.7 Å². The Balaban J connectivity index is 1.33. The third kappa shape index (κ3) is 3.17. The number of hydrogen-bond acceptors (Lipinski definition) is 4. The maximum Gasteiger partial charge on any atom is 0.250 e.